The van der Waals surface area contributed by atoms with Gasteiger partial charge >= 0.3 is 0 Å². The van der Waals surface area contributed by atoms with Crippen LogP contribution in [0.2, 0.25) is 0 Å². The molecule has 0 amide bonds. The summed E-state index contributed by atoms with van der Waals surface area (Å²) in [5.74, 6) is 0. The van der Waals surface area contributed by atoms with Crippen LogP contribution >= 0.6 is 0 Å². The van der Waals surface area contributed by atoms with Gasteiger partial charge in [-0.15, -0.1) is 5.10 Å². The zero-order valence-electron chi connectivity index (χ0n) is 8.25. The Morgan fingerprint density at radius 1 is 1.36 bits per heavy atom. The molecule has 0 atom stereocenters. The summed E-state index contributed by atoms with van der Waals surface area (Å²) < 4.78 is 1.84. The third-order valence-corrected chi connectivity index (χ3v) is 2.00. The van der Waals surface area contributed by atoms with Crippen LogP contribution in [0.3, 0.4) is 0 Å². The Hall–Kier alpha value is -1.71. The largest absolute Gasteiger partial charge is 0.264 e. The first-order valence-electron chi connectivity index (χ1n) is 4.59. The maximum Gasteiger partial charge on any atom is 0.114 e. The fraction of sp³-hybridized carbons (Fsp3) is 0.300. The summed E-state index contributed by atoms with van der Waals surface area (Å²) in [5.41, 5.74) is 1.87. The van der Waals surface area contributed by atoms with Crippen LogP contribution in [0.15, 0.2) is 30.7 Å². The zero-order chi connectivity index (χ0) is 9.97. The monoisotopic (exact) mass is 188 g/mol. The van der Waals surface area contributed by atoms with E-state index in [9.17, 15) is 0 Å². The van der Waals surface area contributed by atoms with Crippen molar-refractivity contribution >= 4 is 0 Å². The van der Waals surface area contributed by atoms with Gasteiger partial charge in [-0.2, -0.15) is 0 Å². The van der Waals surface area contributed by atoms with Crippen molar-refractivity contribution in [3.05, 3.63) is 30.7 Å². The fourth-order valence-electron chi connectivity index (χ4n) is 1.18. The average molecular weight is 188 g/mol. The van der Waals surface area contributed by atoms with E-state index in [-0.39, 0.29) is 0 Å². The van der Waals surface area contributed by atoms with Crippen LogP contribution in [-0.2, 0) is 0 Å². The topological polar surface area (TPSA) is 43.6 Å². The summed E-state index contributed by atoms with van der Waals surface area (Å²) in [6.07, 6.45) is 5.47. The standard InChI is InChI=1S/C10H12N4/c1-8(2)14-7-10(12-13-14)9-4-3-5-11-6-9/h3-8H,1-2H3. The van der Waals surface area contributed by atoms with Gasteiger partial charge < -0.3 is 0 Å². The molecular weight excluding hydrogens is 176 g/mol. The molecular formula is C10H12N4. The molecule has 0 aliphatic carbocycles. The highest BCUT2D eigenvalue weighted by Crippen LogP contribution is 2.15. The second-order valence-corrected chi connectivity index (χ2v) is 3.42. The summed E-state index contributed by atoms with van der Waals surface area (Å²) in [7, 11) is 0. The molecule has 2 aromatic heterocycles. The van der Waals surface area contributed by atoms with E-state index in [1.807, 2.05) is 23.0 Å². The van der Waals surface area contributed by atoms with E-state index in [2.05, 4.69) is 29.1 Å². The van der Waals surface area contributed by atoms with Crippen LogP contribution in [-0.4, -0.2) is 20.0 Å². The predicted octanol–water partition coefficient (Wildman–Crippen LogP) is 1.92. The van der Waals surface area contributed by atoms with Crippen LogP contribution in [0.25, 0.3) is 11.3 Å². The van der Waals surface area contributed by atoms with Gasteiger partial charge in [0.15, 0.2) is 0 Å². The SMILES string of the molecule is CC(C)n1cc(-c2cccnc2)nn1. The number of nitrogens with zero attached hydrogens (tertiary/aromatic N) is 4. The first-order chi connectivity index (χ1) is 6.77. The van der Waals surface area contributed by atoms with Gasteiger partial charge in [0.05, 0.1) is 6.20 Å². The highest BCUT2D eigenvalue weighted by atomic mass is 15.4. The Balaban J connectivity index is 2.34. The number of hydrogen-bond donors (Lipinski definition) is 0. The lowest BCUT2D eigenvalue weighted by Gasteiger charge is -2.00. The number of pyridine rings is 1. The molecule has 0 saturated carbocycles. The van der Waals surface area contributed by atoms with Gasteiger partial charge in [-0.05, 0) is 26.0 Å². The second kappa shape index (κ2) is 3.57. The molecule has 0 saturated heterocycles. The summed E-state index contributed by atoms with van der Waals surface area (Å²) in [6.45, 7) is 4.14. The molecule has 0 aliphatic rings. The Bertz CT molecular complexity index is 405. The number of rotatable bonds is 2. The Morgan fingerprint density at radius 2 is 2.21 bits per heavy atom. The van der Waals surface area contributed by atoms with E-state index in [4.69, 9.17) is 0 Å². The van der Waals surface area contributed by atoms with Gasteiger partial charge in [-0.1, -0.05) is 5.21 Å². The Morgan fingerprint density at radius 3 is 2.79 bits per heavy atom. The predicted molar refractivity (Wildman–Crippen MR) is 53.6 cm³/mol. The third-order valence-electron chi connectivity index (χ3n) is 2.00. The van der Waals surface area contributed by atoms with E-state index < -0.39 is 0 Å². The summed E-state index contributed by atoms with van der Waals surface area (Å²) in [6, 6.07) is 4.21. The van der Waals surface area contributed by atoms with E-state index in [1.165, 1.54) is 0 Å². The fourth-order valence-corrected chi connectivity index (χ4v) is 1.18. The first kappa shape index (κ1) is 8.87. The van der Waals surface area contributed by atoms with Crippen molar-refractivity contribution in [2.24, 2.45) is 0 Å². The lowest BCUT2D eigenvalue weighted by molar-refractivity contribution is 0.514. The minimum absolute atomic E-state index is 0.341. The van der Waals surface area contributed by atoms with Gasteiger partial charge in [-0.25, -0.2) is 4.68 Å². The van der Waals surface area contributed by atoms with Crippen LogP contribution < -0.4 is 0 Å². The molecule has 2 aromatic rings. The van der Waals surface area contributed by atoms with E-state index >= 15 is 0 Å². The molecule has 0 fully saturated rings. The van der Waals surface area contributed by atoms with Crippen molar-refractivity contribution in [2.45, 2.75) is 19.9 Å². The molecule has 2 heterocycles. The van der Waals surface area contributed by atoms with Crippen LogP contribution in [0, 0.1) is 0 Å². The first-order valence-corrected chi connectivity index (χ1v) is 4.59. The number of aromatic nitrogens is 4. The van der Waals surface area contributed by atoms with E-state index in [0.717, 1.165) is 11.3 Å². The molecule has 0 radical (unpaired) electrons. The molecule has 0 aromatic carbocycles. The smallest absolute Gasteiger partial charge is 0.114 e. The van der Waals surface area contributed by atoms with Gasteiger partial charge in [0.25, 0.3) is 0 Å². The summed E-state index contributed by atoms with van der Waals surface area (Å²) >= 11 is 0. The molecule has 14 heavy (non-hydrogen) atoms. The molecule has 0 bridgehead atoms. The highest BCUT2D eigenvalue weighted by molar-refractivity contribution is 5.55. The van der Waals surface area contributed by atoms with Crippen LogP contribution in [0.4, 0.5) is 0 Å². The molecule has 72 valence electrons. The molecule has 4 nitrogen and oxygen atoms in total. The molecule has 4 heteroatoms. The van der Waals surface area contributed by atoms with Crippen molar-refractivity contribution in [1.82, 2.24) is 20.0 Å². The van der Waals surface area contributed by atoms with Crippen LogP contribution in [0.1, 0.15) is 19.9 Å². The van der Waals surface area contributed by atoms with Crippen LogP contribution in [0.5, 0.6) is 0 Å². The van der Waals surface area contributed by atoms with Gasteiger partial charge in [0, 0.05) is 24.0 Å². The lowest BCUT2D eigenvalue weighted by atomic mass is 10.2. The van der Waals surface area contributed by atoms with Crippen molar-refractivity contribution < 1.29 is 0 Å². The summed E-state index contributed by atoms with van der Waals surface area (Å²) in [5, 5.41) is 8.11. The maximum atomic E-state index is 4.08. The summed E-state index contributed by atoms with van der Waals surface area (Å²) in [4.78, 5) is 4.04. The number of hydrogen-bond acceptors (Lipinski definition) is 3. The molecule has 0 aliphatic heterocycles. The average Bonchev–Trinajstić information content (AvgIpc) is 2.68. The lowest BCUT2D eigenvalue weighted by Crippen LogP contribution is -2.00. The zero-order valence-corrected chi connectivity index (χ0v) is 8.25. The highest BCUT2D eigenvalue weighted by Gasteiger charge is 2.04. The van der Waals surface area contributed by atoms with E-state index in [1.54, 1.807) is 12.4 Å². The molecule has 0 spiro atoms. The maximum absolute atomic E-state index is 4.08. The van der Waals surface area contributed by atoms with Crippen molar-refractivity contribution in [3.63, 3.8) is 0 Å². The Kier molecular flexibility index (Phi) is 2.26. The van der Waals surface area contributed by atoms with Gasteiger partial charge in [0.1, 0.15) is 5.69 Å². The minimum atomic E-state index is 0.341. The van der Waals surface area contributed by atoms with Gasteiger partial charge in [0.2, 0.25) is 0 Å². The van der Waals surface area contributed by atoms with Gasteiger partial charge in [-0.3, -0.25) is 4.98 Å². The molecule has 0 N–H and O–H groups in total. The van der Waals surface area contributed by atoms with E-state index in [0.29, 0.717) is 6.04 Å². The molecule has 0 unspecified atom stereocenters. The quantitative estimate of drug-likeness (QED) is 0.723. The Labute approximate surface area is 82.6 Å². The molecule has 2 rings (SSSR count). The second-order valence-electron chi connectivity index (χ2n) is 3.42. The minimum Gasteiger partial charge on any atom is -0.264 e. The normalized spacial score (nSPS) is 10.8. The third kappa shape index (κ3) is 1.64. The van der Waals surface area contributed by atoms with Crippen molar-refractivity contribution in [2.75, 3.05) is 0 Å². The van der Waals surface area contributed by atoms with Crippen molar-refractivity contribution in [3.8, 4) is 11.3 Å². The van der Waals surface area contributed by atoms with Crippen molar-refractivity contribution in [1.29, 1.82) is 0 Å².